The van der Waals surface area contributed by atoms with Gasteiger partial charge >= 0.3 is 0 Å². The van der Waals surface area contributed by atoms with Gasteiger partial charge in [0.25, 0.3) is 0 Å². The van der Waals surface area contributed by atoms with E-state index in [0.717, 1.165) is 29.3 Å². The van der Waals surface area contributed by atoms with E-state index >= 15 is 0 Å². The van der Waals surface area contributed by atoms with Crippen molar-refractivity contribution in [3.63, 3.8) is 0 Å². The number of rotatable bonds is 3. The normalized spacial score (nSPS) is 10.7. The summed E-state index contributed by atoms with van der Waals surface area (Å²) in [7, 11) is 0. The van der Waals surface area contributed by atoms with Gasteiger partial charge in [0.05, 0.1) is 0 Å². The van der Waals surface area contributed by atoms with E-state index in [1.54, 1.807) is 6.20 Å². The molecule has 0 bridgehead atoms. The molecule has 0 radical (unpaired) electrons. The summed E-state index contributed by atoms with van der Waals surface area (Å²) in [5.41, 5.74) is 3.15. The number of hydrogen-bond donors (Lipinski definition) is 1. The Bertz CT molecular complexity index is 655. The molecule has 0 fully saturated rings. The summed E-state index contributed by atoms with van der Waals surface area (Å²) in [5.74, 6) is 1.03. The second-order valence-electron chi connectivity index (χ2n) is 4.23. The van der Waals surface area contributed by atoms with Crippen molar-refractivity contribution < 1.29 is 0 Å². The quantitative estimate of drug-likeness (QED) is 0.762. The lowest BCUT2D eigenvalue weighted by Crippen LogP contribution is -2.04. The van der Waals surface area contributed by atoms with Gasteiger partial charge in [-0.15, -0.1) is 0 Å². The van der Waals surface area contributed by atoms with Crippen LogP contribution in [0.3, 0.4) is 0 Å². The standard InChI is InChI=1S/C14H14N4/c1-11-5-6-12(9-16-11)10-17-14-4-2-3-13-15-7-8-18(13)14/h2-9,17H,10H2,1H3. The molecule has 3 aromatic heterocycles. The maximum Gasteiger partial charge on any atom is 0.138 e. The average molecular weight is 238 g/mol. The largest absolute Gasteiger partial charge is 0.367 e. The van der Waals surface area contributed by atoms with Crippen molar-refractivity contribution in [2.24, 2.45) is 0 Å². The van der Waals surface area contributed by atoms with Crippen LogP contribution in [0, 0.1) is 6.92 Å². The van der Waals surface area contributed by atoms with Crippen LogP contribution in [0.1, 0.15) is 11.3 Å². The molecule has 0 atom stereocenters. The lowest BCUT2D eigenvalue weighted by atomic mass is 10.2. The number of aryl methyl sites for hydroxylation is 1. The lowest BCUT2D eigenvalue weighted by molar-refractivity contribution is 1.05. The number of nitrogens with zero attached hydrogens (tertiary/aromatic N) is 3. The number of pyridine rings is 2. The lowest BCUT2D eigenvalue weighted by Gasteiger charge is -2.08. The number of hydrogen-bond acceptors (Lipinski definition) is 3. The third-order valence-corrected chi connectivity index (χ3v) is 2.87. The Hall–Kier alpha value is -2.36. The molecule has 90 valence electrons. The molecule has 0 aliphatic heterocycles. The second-order valence-corrected chi connectivity index (χ2v) is 4.23. The maximum absolute atomic E-state index is 4.28. The van der Waals surface area contributed by atoms with Crippen molar-refractivity contribution in [2.45, 2.75) is 13.5 Å². The Kier molecular flexibility index (Phi) is 2.68. The molecule has 0 amide bonds. The van der Waals surface area contributed by atoms with Gasteiger partial charge in [0, 0.05) is 30.8 Å². The zero-order valence-electron chi connectivity index (χ0n) is 10.2. The summed E-state index contributed by atoms with van der Waals surface area (Å²) in [5, 5.41) is 3.39. The Morgan fingerprint density at radius 3 is 2.94 bits per heavy atom. The van der Waals surface area contributed by atoms with E-state index in [1.807, 2.05) is 48.0 Å². The van der Waals surface area contributed by atoms with E-state index in [0.29, 0.717) is 0 Å². The van der Waals surface area contributed by atoms with E-state index in [4.69, 9.17) is 0 Å². The smallest absolute Gasteiger partial charge is 0.138 e. The zero-order valence-corrected chi connectivity index (χ0v) is 10.2. The summed E-state index contributed by atoms with van der Waals surface area (Å²) < 4.78 is 2.03. The van der Waals surface area contributed by atoms with Gasteiger partial charge in [0.15, 0.2) is 0 Å². The maximum atomic E-state index is 4.28. The molecule has 0 saturated carbocycles. The molecule has 3 heterocycles. The third-order valence-electron chi connectivity index (χ3n) is 2.87. The van der Waals surface area contributed by atoms with Gasteiger partial charge in [-0.05, 0) is 30.7 Å². The Morgan fingerprint density at radius 1 is 1.17 bits per heavy atom. The molecule has 0 aliphatic rings. The van der Waals surface area contributed by atoms with Gasteiger partial charge in [-0.25, -0.2) is 4.98 Å². The minimum absolute atomic E-state index is 0.755. The summed E-state index contributed by atoms with van der Waals surface area (Å²) in [4.78, 5) is 8.54. The van der Waals surface area contributed by atoms with E-state index < -0.39 is 0 Å². The van der Waals surface area contributed by atoms with E-state index in [1.165, 1.54) is 0 Å². The predicted molar refractivity (Wildman–Crippen MR) is 71.5 cm³/mol. The fraction of sp³-hybridized carbons (Fsp3) is 0.143. The Morgan fingerprint density at radius 2 is 2.11 bits per heavy atom. The van der Waals surface area contributed by atoms with Crippen molar-refractivity contribution in [3.05, 3.63) is 60.2 Å². The molecule has 0 unspecified atom stereocenters. The van der Waals surface area contributed by atoms with Gasteiger partial charge < -0.3 is 5.32 Å². The third kappa shape index (κ3) is 2.05. The van der Waals surface area contributed by atoms with Crippen LogP contribution in [-0.4, -0.2) is 14.4 Å². The number of imidazole rings is 1. The number of anilines is 1. The first-order chi connectivity index (χ1) is 8.83. The van der Waals surface area contributed by atoms with Crippen LogP contribution in [0.2, 0.25) is 0 Å². The van der Waals surface area contributed by atoms with Crippen LogP contribution >= 0.6 is 0 Å². The molecule has 3 aromatic rings. The SMILES string of the molecule is Cc1ccc(CNc2cccc3nccn23)cn1. The van der Waals surface area contributed by atoms with E-state index in [9.17, 15) is 0 Å². The van der Waals surface area contributed by atoms with Gasteiger partial charge in [0.1, 0.15) is 11.5 Å². The van der Waals surface area contributed by atoms with Gasteiger partial charge in [-0.3, -0.25) is 9.38 Å². The monoisotopic (exact) mass is 238 g/mol. The second kappa shape index (κ2) is 4.49. The van der Waals surface area contributed by atoms with Gasteiger partial charge in [0.2, 0.25) is 0 Å². The highest BCUT2D eigenvalue weighted by Gasteiger charge is 2.00. The van der Waals surface area contributed by atoms with Crippen LogP contribution < -0.4 is 5.32 Å². The number of nitrogens with one attached hydrogen (secondary N) is 1. The first-order valence-electron chi connectivity index (χ1n) is 5.90. The summed E-state index contributed by atoms with van der Waals surface area (Å²) in [6, 6.07) is 10.1. The molecule has 0 spiro atoms. The molecule has 0 saturated heterocycles. The first-order valence-corrected chi connectivity index (χ1v) is 5.90. The minimum Gasteiger partial charge on any atom is -0.367 e. The predicted octanol–water partition coefficient (Wildman–Crippen LogP) is 2.65. The fourth-order valence-corrected chi connectivity index (χ4v) is 1.89. The van der Waals surface area contributed by atoms with E-state index in [2.05, 4.69) is 21.4 Å². The summed E-state index contributed by atoms with van der Waals surface area (Å²) in [6.07, 6.45) is 5.65. The molecule has 3 rings (SSSR count). The molecular weight excluding hydrogens is 224 g/mol. The zero-order chi connectivity index (χ0) is 12.4. The number of fused-ring (bicyclic) bond motifs is 1. The molecule has 0 aliphatic carbocycles. The molecule has 0 aromatic carbocycles. The van der Waals surface area contributed by atoms with Crippen molar-refractivity contribution >= 4 is 11.5 Å². The van der Waals surface area contributed by atoms with Gasteiger partial charge in [-0.1, -0.05) is 12.1 Å². The Balaban J connectivity index is 1.80. The summed E-state index contributed by atoms with van der Waals surface area (Å²) in [6.45, 7) is 2.74. The highest BCUT2D eigenvalue weighted by Crippen LogP contribution is 2.12. The molecular formula is C14H14N4. The van der Waals surface area contributed by atoms with Crippen molar-refractivity contribution in [2.75, 3.05) is 5.32 Å². The van der Waals surface area contributed by atoms with Crippen molar-refractivity contribution in [1.82, 2.24) is 14.4 Å². The van der Waals surface area contributed by atoms with Crippen LogP contribution in [0.25, 0.3) is 5.65 Å². The first kappa shape index (κ1) is 10.8. The molecule has 4 heteroatoms. The highest BCUT2D eigenvalue weighted by molar-refractivity contribution is 5.49. The molecule has 18 heavy (non-hydrogen) atoms. The molecule has 1 N–H and O–H groups in total. The van der Waals surface area contributed by atoms with Crippen LogP contribution in [0.4, 0.5) is 5.82 Å². The van der Waals surface area contributed by atoms with Crippen LogP contribution in [-0.2, 0) is 6.54 Å². The van der Waals surface area contributed by atoms with Crippen molar-refractivity contribution in [3.8, 4) is 0 Å². The van der Waals surface area contributed by atoms with Crippen LogP contribution in [0.5, 0.6) is 0 Å². The van der Waals surface area contributed by atoms with Crippen molar-refractivity contribution in [1.29, 1.82) is 0 Å². The minimum atomic E-state index is 0.755. The number of aromatic nitrogens is 3. The highest BCUT2D eigenvalue weighted by atomic mass is 15.1. The Labute approximate surface area is 105 Å². The molecule has 4 nitrogen and oxygen atoms in total. The fourth-order valence-electron chi connectivity index (χ4n) is 1.89. The average Bonchev–Trinajstić information content (AvgIpc) is 2.87. The van der Waals surface area contributed by atoms with Gasteiger partial charge in [-0.2, -0.15) is 0 Å². The van der Waals surface area contributed by atoms with Crippen LogP contribution in [0.15, 0.2) is 48.9 Å². The summed E-state index contributed by atoms with van der Waals surface area (Å²) >= 11 is 0. The van der Waals surface area contributed by atoms with E-state index in [-0.39, 0.29) is 0 Å². The topological polar surface area (TPSA) is 42.2 Å².